The van der Waals surface area contributed by atoms with Gasteiger partial charge >= 0.3 is 6.01 Å². The molecule has 2 aromatic rings. The summed E-state index contributed by atoms with van der Waals surface area (Å²) in [5.74, 6) is 1.29. The molecule has 0 amide bonds. The van der Waals surface area contributed by atoms with Crippen LogP contribution in [0.5, 0.6) is 0 Å². The average Bonchev–Trinajstić information content (AvgIpc) is 3.05. The number of nitrogens with one attached hydrogen (secondary N) is 1. The van der Waals surface area contributed by atoms with Crippen LogP contribution in [0.3, 0.4) is 0 Å². The van der Waals surface area contributed by atoms with E-state index in [9.17, 15) is 0 Å². The SMILES string of the molecule is CC(C)CNCc1nnc(N2CCc3sccc3C2)o1. The van der Waals surface area contributed by atoms with E-state index >= 15 is 0 Å². The maximum Gasteiger partial charge on any atom is 0.318 e. The lowest BCUT2D eigenvalue weighted by Crippen LogP contribution is -2.29. The zero-order chi connectivity index (χ0) is 13.9. The van der Waals surface area contributed by atoms with Crippen LogP contribution in [0.4, 0.5) is 6.01 Å². The van der Waals surface area contributed by atoms with Gasteiger partial charge in [0.1, 0.15) is 0 Å². The van der Waals surface area contributed by atoms with Crippen LogP contribution in [0.15, 0.2) is 15.9 Å². The highest BCUT2D eigenvalue weighted by Gasteiger charge is 2.21. The summed E-state index contributed by atoms with van der Waals surface area (Å²) in [6.07, 6.45) is 1.07. The molecule has 0 atom stereocenters. The predicted octanol–water partition coefficient (Wildman–Crippen LogP) is 2.44. The van der Waals surface area contributed by atoms with Crippen molar-refractivity contribution in [1.29, 1.82) is 0 Å². The molecule has 5 nitrogen and oxygen atoms in total. The van der Waals surface area contributed by atoms with Crippen LogP contribution in [0, 0.1) is 5.92 Å². The topological polar surface area (TPSA) is 54.2 Å². The fraction of sp³-hybridized carbons (Fsp3) is 0.571. The molecule has 20 heavy (non-hydrogen) atoms. The Morgan fingerprint density at radius 1 is 1.45 bits per heavy atom. The van der Waals surface area contributed by atoms with Crippen LogP contribution in [-0.4, -0.2) is 23.3 Å². The number of hydrogen-bond acceptors (Lipinski definition) is 6. The molecule has 1 aliphatic rings. The molecule has 0 spiro atoms. The summed E-state index contributed by atoms with van der Waals surface area (Å²) in [7, 11) is 0. The van der Waals surface area contributed by atoms with Crippen molar-refractivity contribution < 1.29 is 4.42 Å². The Balaban J connectivity index is 1.60. The molecule has 108 valence electrons. The molecule has 6 heteroatoms. The van der Waals surface area contributed by atoms with E-state index in [0.29, 0.717) is 24.4 Å². The van der Waals surface area contributed by atoms with Crippen LogP contribution in [0.1, 0.15) is 30.2 Å². The lowest BCUT2D eigenvalue weighted by atomic mass is 10.1. The highest BCUT2D eigenvalue weighted by molar-refractivity contribution is 7.10. The van der Waals surface area contributed by atoms with Gasteiger partial charge in [-0.25, -0.2) is 0 Å². The number of thiophene rings is 1. The first-order valence-corrected chi connectivity index (χ1v) is 7.93. The summed E-state index contributed by atoms with van der Waals surface area (Å²) >= 11 is 1.84. The molecule has 0 bridgehead atoms. The monoisotopic (exact) mass is 292 g/mol. The van der Waals surface area contributed by atoms with E-state index in [0.717, 1.165) is 26.1 Å². The molecule has 3 heterocycles. The summed E-state index contributed by atoms with van der Waals surface area (Å²) in [5, 5.41) is 13.8. The van der Waals surface area contributed by atoms with Crippen molar-refractivity contribution >= 4 is 17.4 Å². The van der Waals surface area contributed by atoms with E-state index in [-0.39, 0.29) is 0 Å². The number of fused-ring (bicyclic) bond motifs is 1. The number of anilines is 1. The molecule has 0 fully saturated rings. The lowest BCUT2D eigenvalue weighted by Gasteiger charge is -2.24. The molecule has 0 aromatic carbocycles. The van der Waals surface area contributed by atoms with Crippen LogP contribution in [-0.2, 0) is 19.5 Å². The normalized spacial score (nSPS) is 14.8. The van der Waals surface area contributed by atoms with Crippen molar-refractivity contribution in [3.05, 3.63) is 27.8 Å². The Morgan fingerprint density at radius 3 is 3.20 bits per heavy atom. The van der Waals surface area contributed by atoms with Crippen molar-refractivity contribution in [2.45, 2.75) is 33.4 Å². The smallest absolute Gasteiger partial charge is 0.318 e. The Morgan fingerprint density at radius 2 is 2.35 bits per heavy atom. The molecule has 1 N–H and O–H groups in total. The summed E-state index contributed by atoms with van der Waals surface area (Å²) in [5.41, 5.74) is 1.39. The van der Waals surface area contributed by atoms with Crippen molar-refractivity contribution in [3.63, 3.8) is 0 Å². The van der Waals surface area contributed by atoms with Crippen LogP contribution in [0.25, 0.3) is 0 Å². The van der Waals surface area contributed by atoms with Gasteiger partial charge in [0.2, 0.25) is 5.89 Å². The summed E-state index contributed by atoms with van der Waals surface area (Å²) in [6.45, 7) is 7.79. The molecule has 0 radical (unpaired) electrons. The minimum Gasteiger partial charge on any atom is -0.407 e. The van der Waals surface area contributed by atoms with Gasteiger partial charge in [-0.15, -0.1) is 16.4 Å². The molecule has 0 saturated heterocycles. The maximum atomic E-state index is 5.74. The van der Waals surface area contributed by atoms with Gasteiger partial charge in [0.15, 0.2) is 0 Å². The number of aromatic nitrogens is 2. The maximum absolute atomic E-state index is 5.74. The largest absolute Gasteiger partial charge is 0.407 e. The van der Waals surface area contributed by atoms with Gasteiger partial charge in [-0.05, 0) is 35.9 Å². The third-order valence-corrected chi connectivity index (χ3v) is 4.39. The number of rotatable bonds is 5. The van der Waals surface area contributed by atoms with E-state index in [2.05, 4.69) is 45.7 Å². The number of nitrogens with zero attached hydrogens (tertiary/aromatic N) is 3. The summed E-state index contributed by atoms with van der Waals surface area (Å²) in [6, 6.07) is 2.83. The average molecular weight is 292 g/mol. The van der Waals surface area contributed by atoms with Crippen molar-refractivity contribution in [1.82, 2.24) is 15.5 Å². The first kappa shape index (κ1) is 13.6. The molecular formula is C14H20N4OS. The minimum atomic E-state index is 0.622. The Labute approximate surface area is 123 Å². The summed E-state index contributed by atoms with van der Waals surface area (Å²) in [4.78, 5) is 3.65. The second-order valence-electron chi connectivity index (χ2n) is 5.54. The first-order valence-electron chi connectivity index (χ1n) is 7.05. The Kier molecular flexibility index (Phi) is 4.03. The molecule has 0 unspecified atom stereocenters. The highest BCUT2D eigenvalue weighted by Crippen LogP contribution is 2.26. The molecular weight excluding hydrogens is 272 g/mol. The number of hydrogen-bond donors (Lipinski definition) is 1. The van der Waals surface area contributed by atoms with Gasteiger partial charge in [0, 0.05) is 18.0 Å². The fourth-order valence-corrected chi connectivity index (χ4v) is 3.21. The molecule has 1 aliphatic heterocycles. The van der Waals surface area contributed by atoms with E-state index < -0.39 is 0 Å². The second-order valence-corrected chi connectivity index (χ2v) is 6.54. The Bertz CT molecular complexity index is 563. The Hall–Kier alpha value is -1.40. The first-order chi connectivity index (χ1) is 9.72. The molecule has 0 saturated carbocycles. The van der Waals surface area contributed by atoms with Gasteiger partial charge in [-0.2, -0.15) is 0 Å². The second kappa shape index (κ2) is 5.93. The van der Waals surface area contributed by atoms with E-state index in [1.807, 2.05) is 11.3 Å². The fourth-order valence-electron chi connectivity index (χ4n) is 2.32. The van der Waals surface area contributed by atoms with Gasteiger partial charge in [-0.3, -0.25) is 0 Å². The van der Waals surface area contributed by atoms with Gasteiger partial charge < -0.3 is 14.6 Å². The van der Waals surface area contributed by atoms with Crippen molar-refractivity contribution in [2.75, 3.05) is 18.0 Å². The zero-order valence-corrected chi connectivity index (χ0v) is 12.7. The van der Waals surface area contributed by atoms with Gasteiger partial charge in [-0.1, -0.05) is 18.9 Å². The molecule has 2 aromatic heterocycles. The third-order valence-electron chi connectivity index (χ3n) is 3.36. The van der Waals surface area contributed by atoms with Crippen molar-refractivity contribution in [2.24, 2.45) is 5.92 Å². The minimum absolute atomic E-state index is 0.622. The summed E-state index contributed by atoms with van der Waals surface area (Å²) < 4.78 is 5.74. The molecule has 3 rings (SSSR count). The van der Waals surface area contributed by atoms with E-state index in [4.69, 9.17) is 4.42 Å². The van der Waals surface area contributed by atoms with E-state index in [1.54, 1.807) is 0 Å². The predicted molar refractivity (Wildman–Crippen MR) is 79.9 cm³/mol. The molecule has 0 aliphatic carbocycles. The van der Waals surface area contributed by atoms with E-state index in [1.165, 1.54) is 10.4 Å². The highest BCUT2D eigenvalue weighted by atomic mass is 32.1. The van der Waals surface area contributed by atoms with Crippen LogP contribution < -0.4 is 10.2 Å². The van der Waals surface area contributed by atoms with Gasteiger partial charge in [0.05, 0.1) is 6.54 Å². The quantitative estimate of drug-likeness (QED) is 0.917. The lowest BCUT2D eigenvalue weighted by molar-refractivity contribution is 0.444. The van der Waals surface area contributed by atoms with Crippen molar-refractivity contribution in [3.8, 4) is 0 Å². The van der Waals surface area contributed by atoms with Crippen LogP contribution in [0.2, 0.25) is 0 Å². The third kappa shape index (κ3) is 3.02. The van der Waals surface area contributed by atoms with Crippen LogP contribution >= 0.6 is 11.3 Å². The standard InChI is InChI=1S/C14H20N4OS/c1-10(2)7-15-8-13-16-17-14(19-13)18-5-3-12-11(9-18)4-6-20-12/h4,6,10,15H,3,5,7-9H2,1-2H3. The van der Waals surface area contributed by atoms with Gasteiger partial charge in [0.25, 0.3) is 0 Å². The zero-order valence-electron chi connectivity index (χ0n) is 11.9.